The van der Waals surface area contributed by atoms with Gasteiger partial charge in [0.1, 0.15) is 14.0 Å². The van der Waals surface area contributed by atoms with Crippen LogP contribution in [0.4, 0.5) is 0 Å². The summed E-state index contributed by atoms with van der Waals surface area (Å²) in [5, 5.41) is 0. The van der Waals surface area contributed by atoms with Crippen molar-refractivity contribution < 1.29 is 18.5 Å². The van der Waals surface area contributed by atoms with Crippen molar-refractivity contribution in [3.05, 3.63) is 0 Å². The van der Waals surface area contributed by atoms with Crippen molar-refractivity contribution in [3.63, 3.8) is 0 Å². The molecule has 0 amide bonds. The molecule has 0 aliphatic carbocycles. The molecule has 19 heavy (non-hydrogen) atoms. The lowest BCUT2D eigenvalue weighted by Gasteiger charge is -2.29. The Balaban J connectivity index is 2.65. The van der Waals surface area contributed by atoms with Gasteiger partial charge in [0.2, 0.25) is 0 Å². The van der Waals surface area contributed by atoms with E-state index in [1.807, 2.05) is 27.7 Å². The topological polar surface area (TPSA) is 36.9 Å². The predicted octanol–water partition coefficient (Wildman–Crippen LogP) is 1.91. The summed E-state index contributed by atoms with van der Waals surface area (Å²) in [5.41, 5.74) is 0.204. The molecule has 0 bridgehead atoms. The van der Waals surface area contributed by atoms with E-state index < -0.39 is 6.49 Å². The second-order valence-electron chi connectivity index (χ2n) is 5.56. The van der Waals surface area contributed by atoms with Gasteiger partial charge >= 0.3 is 0 Å². The monoisotopic (exact) mass is 308 g/mol. The standard InChI is InChI=1S/C12H26BO4PS/c1-8(2)15-7-11-10(6-12(13)16-11)17-18(19,14-5)9(3)4/h8-12H,6-7,13H2,1-5H3. The molecule has 0 aromatic rings. The summed E-state index contributed by atoms with van der Waals surface area (Å²) >= 11 is 5.56. The van der Waals surface area contributed by atoms with Crippen molar-refractivity contribution in [3.8, 4) is 0 Å². The van der Waals surface area contributed by atoms with Crippen molar-refractivity contribution >= 4 is 26.1 Å². The van der Waals surface area contributed by atoms with Gasteiger partial charge in [0.25, 0.3) is 0 Å². The highest BCUT2D eigenvalue weighted by atomic mass is 32.5. The molecule has 0 radical (unpaired) electrons. The molecule has 0 aromatic heterocycles. The van der Waals surface area contributed by atoms with Crippen LogP contribution in [0.25, 0.3) is 0 Å². The Morgan fingerprint density at radius 2 is 2.00 bits per heavy atom. The van der Waals surface area contributed by atoms with Crippen LogP contribution in [0.1, 0.15) is 34.1 Å². The Hall–Kier alpha value is 0.555. The van der Waals surface area contributed by atoms with E-state index in [9.17, 15) is 0 Å². The molecule has 1 saturated heterocycles. The SMILES string of the molecule is BC1CC(OP(=S)(OC)C(C)C)C(COC(C)C)O1. The van der Waals surface area contributed by atoms with E-state index in [0.717, 1.165) is 6.42 Å². The smallest absolute Gasteiger partial charge is 0.191 e. The molecule has 1 fully saturated rings. The van der Waals surface area contributed by atoms with Gasteiger partial charge in [0.05, 0.1) is 18.8 Å². The lowest BCUT2D eigenvalue weighted by molar-refractivity contribution is -0.0419. The summed E-state index contributed by atoms with van der Waals surface area (Å²) in [6, 6.07) is 0.179. The molecule has 1 rings (SSSR count). The van der Waals surface area contributed by atoms with Crippen molar-refractivity contribution in [2.45, 2.75) is 64.1 Å². The fourth-order valence-electron chi connectivity index (χ4n) is 2.03. The van der Waals surface area contributed by atoms with Gasteiger partial charge in [-0.2, -0.15) is 0 Å². The van der Waals surface area contributed by atoms with E-state index in [2.05, 4.69) is 7.85 Å². The fourth-order valence-corrected chi connectivity index (χ4v) is 3.71. The molecule has 7 heteroatoms. The number of rotatable bonds is 7. The van der Waals surface area contributed by atoms with E-state index >= 15 is 0 Å². The highest BCUT2D eigenvalue weighted by Gasteiger charge is 2.38. The quantitative estimate of drug-likeness (QED) is 0.530. The highest BCUT2D eigenvalue weighted by molar-refractivity contribution is 8.10. The van der Waals surface area contributed by atoms with Crippen LogP contribution in [0, 0.1) is 0 Å². The third-order valence-corrected chi connectivity index (χ3v) is 7.46. The molecule has 0 aromatic carbocycles. The second kappa shape index (κ2) is 7.53. The van der Waals surface area contributed by atoms with Gasteiger partial charge in [-0.25, -0.2) is 0 Å². The lowest BCUT2D eigenvalue weighted by atomic mass is 9.96. The maximum absolute atomic E-state index is 6.12. The zero-order valence-electron chi connectivity index (χ0n) is 12.8. The van der Waals surface area contributed by atoms with Crippen LogP contribution in [0.2, 0.25) is 0 Å². The molecule has 0 N–H and O–H groups in total. The summed E-state index contributed by atoms with van der Waals surface area (Å²) in [6.45, 7) is 6.43. The fraction of sp³-hybridized carbons (Fsp3) is 1.00. The van der Waals surface area contributed by atoms with Crippen molar-refractivity contribution in [2.75, 3.05) is 13.7 Å². The molecule has 1 aliphatic heterocycles. The lowest BCUT2D eigenvalue weighted by Crippen LogP contribution is -2.30. The Bertz CT molecular complexity index is 327. The summed E-state index contributed by atoms with van der Waals surface area (Å²) in [5.74, 6) is 0. The van der Waals surface area contributed by atoms with Crippen molar-refractivity contribution in [1.29, 1.82) is 0 Å². The van der Waals surface area contributed by atoms with Crippen LogP contribution in [0.5, 0.6) is 0 Å². The third-order valence-electron chi connectivity index (χ3n) is 3.15. The second-order valence-corrected chi connectivity index (χ2v) is 9.78. The molecule has 0 saturated carbocycles. The Labute approximate surface area is 123 Å². The van der Waals surface area contributed by atoms with E-state index in [1.165, 1.54) is 0 Å². The first-order valence-electron chi connectivity index (χ1n) is 6.89. The van der Waals surface area contributed by atoms with Gasteiger partial charge in [-0.3, -0.25) is 0 Å². The molecule has 4 nitrogen and oxygen atoms in total. The molecular formula is C12H26BO4PS. The Morgan fingerprint density at radius 3 is 2.47 bits per heavy atom. The third kappa shape index (κ3) is 5.11. The van der Waals surface area contributed by atoms with Gasteiger partial charge in [-0.05, 0) is 32.1 Å². The summed E-state index contributed by atoms with van der Waals surface area (Å²) in [6.07, 6.45) is 0.965. The molecular weight excluding hydrogens is 282 g/mol. The molecule has 1 aliphatic rings. The largest absolute Gasteiger partial charge is 0.379 e. The number of hydrogen-bond acceptors (Lipinski definition) is 5. The number of hydrogen-bond donors (Lipinski definition) is 0. The zero-order valence-corrected chi connectivity index (χ0v) is 14.5. The van der Waals surface area contributed by atoms with Gasteiger partial charge in [0.15, 0.2) is 6.49 Å². The average molecular weight is 308 g/mol. The van der Waals surface area contributed by atoms with Crippen LogP contribution >= 0.6 is 6.49 Å². The van der Waals surface area contributed by atoms with Crippen molar-refractivity contribution in [2.24, 2.45) is 0 Å². The highest BCUT2D eigenvalue weighted by Crippen LogP contribution is 2.54. The molecule has 4 unspecified atom stereocenters. The first-order chi connectivity index (χ1) is 8.78. The predicted molar refractivity (Wildman–Crippen MR) is 84.2 cm³/mol. The minimum Gasteiger partial charge on any atom is -0.379 e. The molecule has 0 spiro atoms. The van der Waals surface area contributed by atoms with Crippen LogP contribution in [-0.2, 0) is 30.3 Å². The van der Waals surface area contributed by atoms with Crippen molar-refractivity contribution in [1.82, 2.24) is 0 Å². The molecule has 112 valence electrons. The minimum atomic E-state index is -2.23. The number of ether oxygens (including phenoxy) is 2. The van der Waals surface area contributed by atoms with E-state index in [0.29, 0.717) is 6.61 Å². The maximum Gasteiger partial charge on any atom is 0.191 e. The van der Waals surface area contributed by atoms with Gasteiger partial charge in [-0.15, -0.1) is 0 Å². The summed E-state index contributed by atoms with van der Waals surface area (Å²) in [4.78, 5) is 0. The van der Waals surface area contributed by atoms with Gasteiger partial charge in [0, 0.05) is 18.8 Å². The first-order valence-corrected chi connectivity index (χ1v) is 9.60. The minimum absolute atomic E-state index is 0.0260. The maximum atomic E-state index is 6.12. The van der Waals surface area contributed by atoms with E-state index in [-0.39, 0.29) is 30.0 Å². The van der Waals surface area contributed by atoms with E-state index in [1.54, 1.807) is 7.11 Å². The average Bonchev–Trinajstić information content (AvgIpc) is 2.66. The summed E-state index contributed by atoms with van der Waals surface area (Å²) in [7, 11) is 3.69. The van der Waals surface area contributed by atoms with Crippen LogP contribution in [0.3, 0.4) is 0 Å². The van der Waals surface area contributed by atoms with Gasteiger partial charge < -0.3 is 18.5 Å². The molecule has 1 heterocycles. The normalized spacial score (nSPS) is 31.0. The molecule has 4 atom stereocenters. The van der Waals surface area contributed by atoms with Crippen LogP contribution < -0.4 is 0 Å². The van der Waals surface area contributed by atoms with Crippen LogP contribution in [-0.4, -0.2) is 51.5 Å². The first kappa shape index (κ1) is 17.6. The van der Waals surface area contributed by atoms with Crippen LogP contribution in [0.15, 0.2) is 0 Å². The summed E-state index contributed by atoms with van der Waals surface area (Å²) < 4.78 is 23.1. The zero-order chi connectivity index (χ0) is 14.6. The Kier molecular flexibility index (Phi) is 6.98. The Morgan fingerprint density at radius 1 is 1.37 bits per heavy atom. The van der Waals surface area contributed by atoms with Gasteiger partial charge in [-0.1, -0.05) is 13.8 Å². The van der Waals surface area contributed by atoms with E-state index in [4.69, 9.17) is 30.3 Å².